The van der Waals surface area contributed by atoms with Crippen molar-refractivity contribution in [2.45, 2.75) is 6.92 Å². The first-order valence-electron chi connectivity index (χ1n) is 3.20. The minimum absolute atomic E-state index is 0.142. The van der Waals surface area contributed by atoms with Gasteiger partial charge in [0.25, 0.3) is 0 Å². The topological polar surface area (TPSA) is 59.2 Å². The van der Waals surface area contributed by atoms with Crippen LogP contribution in [0.1, 0.15) is 5.56 Å². The van der Waals surface area contributed by atoms with Gasteiger partial charge in [0, 0.05) is 0 Å². The van der Waals surface area contributed by atoms with Crippen molar-refractivity contribution >= 4 is 11.0 Å². The molecule has 0 aliphatic rings. The number of fused-ring (bicyclic) bond motifs is 1. The fourth-order valence-corrected chi connectivity index (χ4v) is 0.939. The van der Waals surface area contributed by atoms with Gasteiger partial charge in [-0.15, -0.1) is 0 Å². The van der Waals surface area contributed by atoms with Gasteiger partial charge >= 0.3 is 0 Å². The molecule has 0 fully saturated rings. The van der Waals surface area contributed by atoms with E-state index in [1.165, 1.54) is 0 Å². The van der Waals surface area contributed by atoms with Crippen molar-refractivity contribution in [3.05, 3.63) is 17.7 Å². The summed E-state index contributed by atoms with van der Waals surface area (Å²) in [6.07, 6.45) is 0. The molecule has 0 atom stereocenters. The van der Waals surface area contributed by atoms with Crippen LogP contribution < -0.4 is 0 Å². The average molecular weight is 150 g/mol. The van der Waals surface area contributed by atoms with Crippen LogP contribution in [-0.4, -0.2) is 15.4 Å². The summed E-state index contributed by atoms with van der Waals surface area (Å²) in [4.78, 5) is 0. The monoisotopic (exact) mass is 150 g/mol. The van der Waals surface area contributed by atoms with Crippen molar-refractivity contribution in [1.82, 2.24) is 10.3 Å². The van der Waals surface area contributed by atoms with Crippen LogP contribution in [0.3, 0.4) is 0 Å². The van der Waals surface area contributed by atoms with Gasteiger partial charge in [-0.2, -0.15) is 0 Å². The van der Waals surface area contributed by atoms with Crippen molar-refractivity contribution < 1.29 is 9.74 Å². The van der Waals surface area contributed by atoms with E-state index >= 15 is 0 Å². The standard InChI is InChI=1S/C7H6N2O2/c1-4-2-3-5-6(7(4)10)9-11-8-5/h2-3,10H,1H3. The second kappa shape index (κ2) is 1.95. The Morgan fingerprint density at radius 2 is 2.18 bits per heavy atom. The summed E-state index contributed by atoms with van der Waals surface area (Å²) in [5, 5.41) is 16.5. The number of phenols is 1. The number of nitrogens with zero attached hydrogens (tertiary/aromatic N) is 2. The lowest BCUT2D eigenvalue weighted by Gasteiger charge is -1.94. The van der Waals surface area contributed by atoms with E-state index in [9.17, 15) is 5.11 Å². The van der Waals surface area contributed by atoms with E-state index in [1.807, 2.05) is 0 Å². The molecule has 0 aliphatic heterocycles. The maximum absolute atomic E-state index is 9.38. The second-order valence-electron chi connectivity index (χ2n) is 2.36. The molecule has 0 radical (unpaired) electrons. The van der Waals surface area contributed by atoms with E-state index in [2.05, 4.69) is 14.9 Å². The molecule has 0 saturated heterocycles. The Hall–Kier alpha value is -1.58. The van der Waals surface area contributed by atoms with Gasteiger partial charge in [-0.1, -0.05) is 6.07 Å². The molecule has 2 rings (SSSR count). The largest absolute Gasteiger partial charge is 0.505 e. The van der Waals surface area contributed by atoms with E-state index in [0.717, 1.165) is 5.56 Å². The molecule has 11 heavy (non-hydrogen) atoms. The molecule has 1 N–H and O–H groups in total. The number of aromatic hydroxyl groups is 1. The lowest BCUT2D eigenvalue weighted by atomic mass is 10.2. The Labute approximate surface area is 62.4 Å². The smallest absolute Gasteiger partial charge is 0.177 e. The van der Waals surface area contributed by atoms with Gasteiger partial charge in [-0.25, -0.2) is 4.63 Å². The summed E-state index contributed by atoms with van der Waals surface area (Å²) in [5.41, 5.74) is 1.77. The third-order valence-corrected chi connectivity index (χ3v) is 1.60. The fraction of sp³-hybridized carbons (Fsp3) is 0.143. The van der Waals surface area contributed by atoms with Crippen LogP contribution in [0.15, 0.2) is 16.8 Å². The maximum Gasteiger partial charge on any atom is 0.177 e. The molecule has 0 spiro atoms. The van der Waals surface area contributed by atoms with Crippen LogP contribution in [0, 0.1) is 6.92 Å². The zero-order valence-corrected chi connectivity index (χ0v) is 5.90. The average Bonchev–Trinajstić information content (AvgIpc) is 2.45. The number of hydrogen-bond acceptors (Lipinski definition) is 4. The molecule has 0 unspecified atom stereocenters. The van der Waals surface area contributed by atoms with E-state index in [-0.39, 0.29) is 5.75 Å². The van der Waals surface area contributed by atoms with Crippen LogP contribution in [0.2, 0.25) is 0 Å². The van der Waals surface area contributed by atoms with Crippen molar-refractivity contribution in [2.75, 3.05) is 0 Å². The molecular weight excluding hydrogens is 144 g/mol. The summed E-state index contributed by atoms with van der Waals surface area (Å²) in [7, 11) is 0. The van der Waals surface area contributed by atoms with Crippen molar-refractivity contribution in [3.8, 4) is 5.75 Å². The first kappa shape index (κ1) is 6.15. The zero-order chi connectivity index (χ0) is 7.84. The highest BCUT2D eigenvalue weighted by molar-refractivity contribution is 5.81. The Bertz CT molecular complexity index is 394. The Kier molecular flexibility index (Phi) is 1.09. The molecule has 2 aromatic rings. The van der Waals surface area contributed by atoms with E-state index in [1.54, 1.807) is 19.1 Å². The number of phenolic OH excluding ortho intramolecular Hbond substituents is 1. The first-order chi connectivity index (χ1) is 5.29. The molecule has 0 bridgehead atoms. The molecule has 4 heteroatoms. The highest BCUT2D eigenvalue weighted by atomic mass is 16.6. The normalized spacial score (nSPS) is 10.6. The van der Waals surface area contributed by atoms with Crippen molar-refractivity contribution in [3.63, 3.8) is 0 Å². The zero-order valence-electron chi connectivity index (χ0n) is 5.90. The summed E-state index contributed by atoms with van der Waals surface area (Å²) in [6.45, 7) is 1.80. The van der Waals surface area contributed by atoms with Crippen LogP contribution in [0.5, 0.6) is 5.75 Å². The first-order valence-corrected chi connectivity index (χ1v) is 3.20. The SMILES string of the molecule is Cc1ccc2nonc2c1O. The predicted molar refractivity (Wildman–Crippen MR) is 38.2 cm³/mol. The van der Waals surface area contributed by atoms with Crippen LogP contribution >= 0.6 is 0 Å². The van der Waals surface area contributed by atoms with Gasteiger partial charge in [-0.3, -0.25) is 0 Å². The third kappa shape index (κ3) is 0.756. The summed E-state index contributed by atoms with van der Waals surface area (Å²) in [6, 6.07) is 3.52. The van der Waals surface area contributed by atoms with Crippen molar-refractivity contribution in [1.29, 1.82) is 0 Å². The predicted octanol–water partition coefficient (Wildman–Crippen LogP) is 1.24. The Morgan fingerprint density at radius 3 is 3.00 bits per heavy atom. The fourth-order valence-electron chi connectivity index (χ4n) is 0.939. The van der Waals surface area contributed by atoms with Gasteiger partial charge in [-0.05, 0) is 28.9 Å². The Balaban J connectivity index is 2.93. The molecule has 1 heterocycles. The molecule has 1 aromatic carbocycles. The maximum atomic E-state index is 9.38. The van der Waals surface area contributed by atoms with E-state index in [4.69, 9.17) is 0 Å². The minimum atomic E-state index is 0.142. The number of aromatic nitrogens is 2. The van der Waals surface area contributed by atoms with Crippen LogP contribution in [0.25, 0.3) is 11.0 Å². The molecule has 0 amide bonds. The third-order valence-electron chi connectivity index (χ3n) is 1.60. The lowest BCUT2D eigenvalue weighted by Crippen LogP contribution is -1.76. The molecule has 1 aromatic heterocycles. The van der Waals surface area contributed by atoms with Gasteiger partial charge in [0.05, 0.1) is 0 Å². The lowest BCUT2D eigenvalue weighted by molar-refractivity contribution is 0.314. The molecule has 4 nitrogen and oxygen atoms in total. The van der Waals surface area contributed by atoms with Crippen LogP contribution in [0.4, 0.5) is 0 Å². The molecular formula is C7H6N2O2. The second-order valence-corrected chi connectivity index (χ2v) is 2.36. The summed E-state index contributed by atoms with van der Waals surface area (Å²) < 4.78 is 4.44. The Morgan fingerprint density at radius 1 is 1.36 bits per heavy atom. The quantitative estimate of drug-likeness (QED) is 0.613. The van der Waals surface area contributed by atoms with Gasteiger partial charge in [0.2, 0.25) is 0 Å². The highest BCUT2D eigenvalue weighted by Gasteiger charge is 2.06. The van der Waals surface area contributed by atoms with Crippen LogP contribution in [-0.2, 0) is 0 Å². The number of hydrogen-bond donors (Lipinski definition) is 1. The van der Waals surface area contributed by atoms with E-state index < -0.39 is 0 Å². The minimum Gasteiger partial charge on any atom is -0.505 e. The highest BCUT2D eigenvalue weighted by Crippen LogP contribution is 2.24. The molecule has 0 saturated carbocycles. The summed E-state index contributed by atoms with van der Waals surface area (Å²) in [5.74, 6) is 0.142. The summed E-state index contributed by atoms with van der Waals surface area (Å²) >= 11 is 0. The van der Waals surface area contributed by atoms with Gasteiger partial charge in [0.1, 0.15) is 11.3 Å². The molecule has 0 aliphatic carbocycles. The van der Waals surface area contributed by atoms with Gasteiger partial charge < -0.3 is 5.11 Å². The number of benzene rings is 1. The number of rotatable bonds is 0. The van der Waals surface area contributed by atoms with E-state index in [0.29, 0.717) is 11.0 Å². The van der Waals surface area contributed by atoms with Crippen molar-refractivity contribution in [2.24, 2.45) is 0 Å². The number of aryl methyl sites for hydroxylation is 1. The van der Waals surface area contributed by atoms with Gasteiger partial charge in [0.15, 0.2) is 5.52 Å². The molecule has 56 valence electrons.